The average molecular weight is 356 g/mol. The predicted octanol–water partition coefficient (Wildman–Crippen LogP) is 2.24. The Morgan fingerprint density at radius 1 is 1.12 bits per heavy atom. The van der Waals surface area contributed by atoms with Gasteiger partial charge < -0.3 is 23.7 Å². The van der Waals surface area contributed by atoms with Gasteiger partial charge >= 0.3 is 5.63 Å². The van der Waals surface area contributed by atoms with Crippen molar-refractivity contribution < 1.29 is 23.2 Å². The second kappa shape index (κ2) is 7.56. The Bertz CT molecular complexity index is 955. The van der Waals surface area contributed by atoms with Gasteiger partial charge in [-0.3, -0.25) is 4.79 Å². The summed E-state index contributed by atoms with van der Waals surface area (Å²) in [7, 11) is 3.11. The Balaban J connectivity index is 1.69. The maximum absolute atomic E-state index is 12.0. The van der Waals surface area contributed by atoms with E-state index in [4.69, 9.17) is 14.0 Å². The number of carbonyl (C=O) groups is 1. The summed E-state index contributed by atoms with van der Waals surface area (Å²) in [6.45, 7) is 0.161. The van der Waals surface area contributed by atoms with Gasteiger partial charge in [0.2, 0.25) is 0 Å². The van der Waals surface area contributed by atoms with Gasteiger partial charge in [-0.15, -0.1) is 0 Å². The molecule has 2 aromatic heterocycles. The van der Waals surface area contributed by atoms with Gasteiger partial charge in [0.1, 0.15) is 12.0 Å². The molecule has 0 bridgehead atoms. The first-order chi connectivity index (χ1) is 12.6. The first-order valence-electron chi connectivity index (χ1n) is 7.65. The van der Waals surface area contributed by atoms with Crippen molar-refractivity contribution in [2.24, 2.45) is 0 Å². The Morgan fingerprint density at radius 3 is 2.62 bits per heavy atom. The van der Waals surface area contributed by atoms with Crippen molar-refractivity contribution in [2.45, 2.75) is 6.54 Å². The molecule has 8 heteroatoms. The van der Waals surface area contributed by atoms with Gasteiger partial charge in [-0.05, 0) is 24.3 Å². The van der Waals surface area contributed by atoms with Crippen molar-refractivity contribution in [3.05, 3.63) is 64.3 Å². The van der Waals surface area contributed by atoms with Crippen molar-refractivity contribution in [1.82, 2.24) is 10.5 Å². The number of nitrogens with zero attached hydrogens (tertiary/aromatic N) is 1. The molecule has 0 saturated carbocycles. The Kier molecular flexibility index (Phi) is 5.02. The number of hydrogen-bond donors (Lipinski definition) is 1. The lowest BCUT2D eigenvalue weighted by Crippen LogP contribution is -2.23. The highest BCUT2D eigenvalue weighted by Gasteiger charge is 2.12. The standard InChI is InChI=1S/C18H16N2O6/c1-23-14-5-3-11(7-16(14)24-2)15-8-13(20-26-15)9-19-18(22)12-4-6-17(21)25-10-12/h3-8,10H,9H2,1-2H3,(H,19,22). The fourth-order valence-corrected chi connectivity index (χ4v) is 2.28. The topological polar surface area (TPSA) is 104 Å². The second-order valence-corrected chi connectivity index (χ2v) is 5.28. The second-order valence-electron chi connectivity index (χ2n) is 5.28. The first-order valence-corrected chi connectivity index (χ1v) is 7.65. The molecule has 26 heavy (non-hydrogen) atoms. The van der Waals surface area contributed by atoms with Gasteiger partial charge in [0.05, 0.1) is 26.3 Å². The highest BCUT2D eigenvalue weighted by Crippen LogP contribution is 2.32. The quantitative estimate of drug-likeness (QED) is 0.722. The van der Waals surface area contributed by atoms with Gasteiger partial charge in [-0.1, -0.05) is 5.16 Å². The highest BCUT2D eigenvalue weighted by molar-refractivity contribution is 5.93. The molecule has 0 aliphatic carbocycles. The Hall–Kier alpha value is -3.55. The third-order valence-corrected chi connectivity index (χ3v) is 3.62. The van der Waals surface area contributed by atoms with E-state index in [2.05, 4.69) is 14.9 Å². The summed E-state index contributed by atoms with van der Waals surface area (Å²) in [6, 6.07) is 9.64. The molecule has 0 aliphatic rings. The molecule has 0 unspecified atom stereocenters. The van der Waals surface area contributed by atoms with Gasteiger partial charge in [0.15, 0.2) is 17.3 Å². The number of benzene rings is 1. The lowest BCUT2D eigenvalue weighted by molar-refractivity contribution is 0.0947. The third kappa shape index (κ3) is 3.75. The molecule has 1 N–H and O–H groups in total. The summed E-state index contributed by atoms with van der Waals surface area (Å²) in [5.41, 5.74) is 1.03. The van der Waals surface area contributed by atoms with E-state index in [0.717, 1.165) is 11.8 Å². The molecule has 0 radical (unpaired) electrons. The zero-order valence-electron chi connectivity index (χ0n) is 14.1. The van der Waals surface area contributed by atoms with Crippen LogP contribution in [0.25, 0.3) is 11.3 Å². The molecular formula is C18H16N2O6. The zero-order valence-corrected chi connectivity index (χ0v) is 14.1. The molecule has 1 aromatic carbocycles. The van der Waals surface area contributed by atoms with Crippen LogP contribution in [0.2, 0.25) is 0 Å². The third-order valence-electron chi connectivity index (χ3n) is 3.62. The lowest BCUT2D eigenvalue weighted by Gasteiger charge is -2.07. The number of hydrogen-bond acceptors (Lipinski definition) is 7. The normalized spacial score (nSPS) is 10.4. The van der Waals surface area contributed by atoms with Crippen LogP contribution in [0.3, 0.4) is 0 Å². The summed E-state index contributed by atoms with van der Waals surface area (Å²) in [4.78, 5) is 22.9. The van der Waals surface area contributed by atoms with Gasteiger partial charge in [-0.2, -0.15) is 0 Å². The maximum Gasteiger partial charge on any atom is 0.335 e. The van der Waals surface area contributed by atoms with E-state index in [1.165, 1.54) is 12.1 Å². The maximum atomic E-state index is 12.0. The highest BCUT2D eigenvalue weighted by atomic mass is 16.5. The smallest absolute Gasteiger partial charge is 0.335 e. The summed E-state index contributed by atoms with van der Waals surface area (Å²) in [6.07, 6.45) is 1.11. The fraction of sp³-hybridized carbons (Fsp3) is 0.167. The van der Waals surface area contributed by atoms with E-state index in [1.54, 1.807) is 32.4 Å². The molecule has 134 valence electrons. The Morgan fingerprint density at radius 2 is 1.92 bits per heavy atom. The SMILES string of the molecule is COc1ccc(-c2cc(CNC(=O)c3ccc(=O)oc3)no2)cc1OC. The molecule has 0 aliphatic heterocycles. The minimum Gasteiger partial charge on any atom is -0.493 e. The first kappa shape index (κ1) is 17.3. The largest absolute Gasteiger partial charge is 0.493 e. The van der Waals surface area contributed by atoms with Crippen LogP contribution in [0.4, 0.5) is 0 Å². The Labute approximate surface area is 148 Å². The van der Waals surface area contributed by atoms with E-state index < -0.39 is 5.63 Å². The summed E-state index contributed by atoms with van der Waals surface area (Å²) < 4.78 is 20.4. The molecule has 3 rings (SSSR count). The van der Waals surface area contributed by atoms with Crippen LogP contribution in [0, 0.1) is 0 Å². The van der Waals surface area contributed by atoms with Crippen LogP contribution < -0.4 is 20.4 Å². The van der Waals surface area contributed by atoms with Crippen LogP contribution in [-0.4, -0.2) is 25.3 Å². The molecule has 0 atom stereocenters. The minimum absolute atomic E-state index is 0.161. The van der Waals surface area contributed by atoms with Crippen LogP contribution in [0.5, 0.6) is 11.5 Å². The van der Waals surface area contributed by atoms with Crippen LogP contribution in [0.15, 0.2) is 56.4 Å². The van der Waals surface area contributed by atoms with Crippen LogP contribution >= 0.6 is 0 Å². The number of ether oxygens (including phenoxy) is 2. The van der Waals surface area contributed by atoms with Gasteiger partial charge in [-0.25, -0.2) is 4.79 Å². The van der Waals surface area contributed by atoms with Gasteiger partial charge in [0.25, 0.3) is 5.91 Å². The number of methoxy groups -OCH3 is 2. The molecule has 1 amide bonds. The molecule has 0 spiro atoms. The average Bonchev–Trinajstić information content (AvgIpc) is 3.15. The molecule has 2 heterocycles. The zero-order chi connectivity index (χ0) is 18.5. The molecule has 3 aromatic rings. The number of rotatable bonds is 6. The minimum atomic E-state index is -0.516. The van der Waals surface area contributed by atoms with Crippen molar-refractivity contribution in [2.75, 3.05) is 14.2 Å². The monoisotopic (exact) mass is 356 g/mol. The summed E-state index contributed by atoms with van der Waals surface area (Å²) >= 11 is 0. The van der Waals surface area contributed by atoms with Crippen molar-refractivity contribution >= 4 is 5.91 Å². The summed E-state index contributed by atoms with van der Waals surface area (Å²) in [5.74, 6) is 1.32. The van der Waals surface area contributed by atoms with E-state index in [1.807, 2.05) is 6.07 Å². The van der Waals surface area contributed by atoms with Crippen molar-refractivity contribution in [3.8, 4) is 22.8 Å². The molecular weight excluding hydrogens is 340 g/mol. The van der Waals surface area contributed by atoms with Crippen molar-refractivity contribution in [3.63, 3.8) is 0 Å². The van der Waals surface area contributed by atoms with E-state index in [9.17, 15) is 9.59 Å². The fourth-order valence-electron chi connectivity index (χ4n) is 2.28. The molecule has 8 nitrogen and oxygen atoms in total. The van der Waals surface area contributed by atoms with Crippen LogP contribution in [0.1, 0.15) is 16.1 Å². The van der Waals surface area contributed by atoms with E-state index in [0.29, 0.717) is 23.0 Å². The lowest BCUT2D eigenvalue weighted by atomic mass is 10.1. The number of aromatic nitrogens is 1. The summed E-state index contributed by atoms with van der Waals surface area (Å²) in [5, 5.41) is 6.61. The van der Waals surface area contributed by atoms with E-state index >= 15 is 0 Å². The number of carbonyl (C=O) groups excluding carboxylic acids is 1. The number of nitrogens with one attached hydrogen (secondary N) is 1. The molecule has 0 fully saturated rings. The number of amides is 1. The molecule has 0 saturated heterocycles. The van der Waals surface area contributed by atoms with Crippen LogP contribution in [-0.2, 0) is 6.54 Å². The van der Waals surface area contributed by atoms with Gasteiger partial charge in [0, 0.05) is 17.7 Å². The van der Waals surface area contributed by atoms with E-state index in [-0.39, 0.29) is 18.0 Å². The van der Waals surface area contributed by atoms with Crippen molar-refractivity contribution in [1.29, 1.82) is 0 Å². The predicted molar refractivity (Wildman–Crippen MR) is 91.2 cm³/mol.